The topological polar surface area (TPSA) is 126 Å². The summed E-state index contributed by atoms with van der Waals surface area (Å²) >= 11 is 0. The van der Waals surface area contributed by atoms with E-state index >= 15 is 0 Å². The van der Waals surface area contributed by atoms with E-state index < -0.39 is 91.8 Å². The summed E-state index contributed by atoms with van der Waals surface area (Å²) in [5.74, 6) is -7.36. The minimum absolute atomic E-state index is 0.0391. The molecule has 2 amide bonds. The fraction of sp³-hybridized carbons (Fsp3) is 0.724. The lowest BCUT2D eigenvalue weighted by Crippen LogP contribution is -2.51. The lowest BCUT2D eigenvalue weighted by molar-refractivity contribution is -0.183. The number of nitrogens with one attached hydrogen (secondary N) is 2. The van der Waals surface area contributed by atoms with Crippen LogP contribution in [0.2, 0.25) is 0 Å². The third-order valence-corrected chi connectivity index (χ3v) is 9.67. The largest absolute Gasteiger partial charge is 0.393 e. The van der Waals surface area contributed by atoms with Gasteiger partial charge in [0.15, 0.2) is 0 Å². The summed E-state index contributed by atoms with van der Waals surface area (Å²) in [5, 5.41) is 14.8. The predicted molar refractivity (Wildman–Crippen MR) is 153 cm³/mol. The number of piperidine rings is 1. The molecule has 5 heterocycles. The number of carbonyl (C=O) groups is 2. The van der Waals surface area contributed by atoms with E-state index in [9.17, 15) is 40.3 Å². The summed E-state index contributed by atoms with van der Waals surface area (Å²) in [4.78, 5) is 35.4. The van der Waals surface area contributed by atoms with Crippen molar-refractivity contribution < 1.29 is 45.1 Å². The second-order valence-electron chi connectivity index (χ2n) is 12.8. The number of hydrogen-bond acceptors (Lipinski definition) is 8. The second-order valence-corrected chi connectivity index (χ2v) is 12.8. The SMILES string of the molecule is O=C(N[C@@H](C1CCC(F)(F)CC1)C1CN2N=C(C[C@H]3C[C@@H](C(F)(F)F)CNC3=O)C(C3CCOCC3)=NC2=N1)c1ccnn1C(F)F. The van der Waals surface area contributed by atoms with Gasteiger partial charge in [-0.05, 0) is 44.1 Å². The molecule has 18 heteroatoms. The number of carbonyl (C=O) groups excluding carboxylic acids is 2. The first-order valence-electron chi connectivity index (χ1n) is 15.7. The maximum absolute atomic E-state index is 14.1. The molecule has 4 aliphatic heterocycles. The number of aromatic nitrogens is 2. The average Bonchev–Trinajstić information content (AvgIpc) is 3.68. The van der Waals surface area contributed by atoms with Gasteiger partial charge in [0.2, 0.25) is 17.8 Å². The number of aliphatic imine (C=N–C) groups is 2. The number of halogens is 7. The first kappa shape index (κ1) is 33.3. The number of amides is 2. The van der Waals surface area contributed by atoms with E-state index in [4.69, 9.17) is 19.8 Å². The van der Waals surface area contributed by atoms with Crippen molar-refractivity contribution in [1.82, 2.24) is 25.4 Å². The Balaban J connectivity index is 1.28. The van der Waals surface area contributed by atoms with Gasteiger partial charge in [-0.25, -0.2) is 23.8 Å². The molecule has 0 aromatic carbocycles. The van der Waals surface area contributed by atoms with Gasteiger partial charge in [0.1, 0.15) is 5.69 Å². The van der Waals surface area contributed by atoms with Crippen LogP contribution in [0.5, 0.6) is 0 Å². The van der Waals surface area contributed by atoms with Gasteiger partial charge in [-0.2, -0.15) is 36.8 Å². The molecule has 1 aromatic rings. The highest BCUT2D eigenvalue weighted by atomic mass is 19.4. The van der Waals surface area contributed by atoms with E-state index in [-0.39, 0.29) is 42.4 Å². The monoisotopic (exact) mass is 676 g/mol. The summed E-state index contributed by atoms with van der Waals surface area (Å²) in [6, 6.07) is -0.484. The highest BCUT2D eigenvalue weighted by molar-refractivity contribution is 6.45. The Morgan fingerprint density at radius 3 is 2.55 bits per heavy atom. The predicted octanol–water partition coefficient (Wildman–Crippen LogP) is 4.18. The number of fused-ring (bicyclic) bond motifs is 1. The van der Waals surface area contributed by atoms with E-state index in [0.717, 1.165) is 12.3 Å². The zero-order valence-electron chi connectivity index (χ0n) is 25.2. The van der Waals surface area contributed by atoms with Gasteiger partial charge in [-0.15, -0.1) is 0 Å². The Labute approximate surface area is 265 Å². The zero-order chi connectivity index (χ0) is 33.5. The molecule has 1 aromatic heterocycles. The molecule has 4 atom stereocenters. The smallest absolute Gasteiger partial charge is 0.381 e. The second kappa shape index (κ2) is 13.1. The summed E-state index contributed by atoms with van der Waals surface area (Å²) < 4.78 is 102. The van der Waals surface area contributed by atoms with Crippen LogP contribution in [0.25, 0.3) is 0 Å². The molecule has 2 saturated heterocycles. The maximum atomic E-state index is 14.1. The normalized spacial score (nSPS) is 27.9. The molecule has 1 aliphatic carbocycles. The minimum Gasteiger partial charge on any atom is -0.381 e. The van der Waals surface area contributed by atoms with Crippen LogP contribution in [-0.2, 0) is 9.53 Å². The van der Waals surface area contributed by atoms with Gasteiger partial charge in [0.25, 0.3) is 5.91 Å². The Bertz CT molecular complexity index is 1430. The Morgan fingerprint density at radius 2 is 1.87 bits per heavy atom. The standard InChI is InChI=1S/C29H35F7N8O3/c30-26(31)44-21(3-8-38-44)25(46)40-23(15-1-6-28(32,33)7-2-15)20-14-43-27(39-20)41-22(16-4-9-47-10-5-16)19(42-43)12-17-11-18(29(34,35)36)13-37-24(17)45/h3,8,15-18,20,23,26H,1-2,4-7,9-14H2,(H,37,45)(H,40,46)/t17-,18-,20?,23+/m1/s1. The van der Waals surface area contributed by atoms with E-state index in [0.29, 0.717) is 37.5 Å². The van der Waals surface area contributed by atoms with E-state index in [1.54, 1.807) is 0 Å². The van der Waals surface area contributed by atoms with E-state index in [1.807, 2.05) is 0 Å². The number of rotatable bonds is 8. The van der Waals surface area contributed by atoms with Crippen molar-refractivity contribution in [2.45, 2.75) is 82.1 Å². The molecule has 0 radical (unpaired) electrons. The van der Waals surface area contributed by atoms with Crippen molar-refractivity contribution >= 4 is 29.2 Å². The van der Waals surface area contributed by atoms with Crippen molar-refractivity contribution in [2.75, 3.05) is 26.3 Å². The van der Waals surface area contributed by atoms with Crippen LogP contribution in [0.15, 0.2) is 27.3 Å². The van der Waals surface area contributed by atoms with Gasteiger partial charge >= 0.3 is 12.7 Å². The number of guanidine groups is 1. The van der Waals surface area contributed by atoms with Crippen LogP contribution in [0.1, 0.15) is 68.4 Å². The molecule has 2 N–H and O–H groups in total. The van der Waals surface area contributed by atoms with E-state index in [2.05, 4.69) is 15.7 Å². The molecule has 0 bridgehead atoms. The molecule has 258 valence electrons. The Hall–Kier alpha value is -3.57. The van der Waals surface area contributed by atoms with Crippen LogP contribution in [0, 0.1) is 23.7 Å². The highest BCUT2D eigenvalue weighted by Crippen LogP contribution is 2.40. The number of hydrogen-bond donors (Lipinski definition) is 2. The van der Waals surface area contributed by atoms with Crippen LogP contribution in [-0.4, -0.2) is 94.5 Å². The van der Waals surface area contributed by atoms with Gasteiger partial charge in [0, 0.05) is 57.1 Å². The molecular weight excluding hydrogens is 641 g/mol. The van der Waals surface area contributed by atoms with Crippen molar-refractivity contribution in [3.05, 3.63) is 18.0 Å². The summed E-state index contributed by atoms with van der Waals surface area (Å²) in [5.41, 5.74) is 0.459. The first-order valence-corrected chi connectivity index (χ1v) is 15.7. The fourth-order valence-corrected chi connectivity index (χ4v) is 7.08. The van der Waals surface area contributed by atoms with Crippen molar-refractivity contribution in [1.29, 1.82) is 0 Å². The number of nitrogens with zero attached hydrogens (tertiary/aromatic N) is 6. The average molecular weight is 677 g/mol. The van der Waals surface area contributed by atoms with Crippen LogP contribution >= 0.6 is 0 Å². The molecule has 11 nitrogen and oxygen atoms in total. The number of hydrazone groups is 1. The van der Waals surface area contributed by atoms with Crippen LogP contribution in [0.3, 0.4) is 0 Å². The van der Waals surface area contributed by atoms with Gasteiger partial charge in [0.05, 0.1) is 36.0 Å². The first-order chi connectivity index (χ1) is 22.3. The molecule has 1 saturated carbocycles. The zero-order valence-corrected chi connectivity index (χ0v) is 25.2. The van der Waals surface area contributed by atoms with Crippen molar-refractivity contribution in [3.8, 4) is 0 Å². The van der Waals surface area contributed by atoms with Crippen molar-refractivity contribution in [3.63, 3.8) is 0 Å². The molecule has 3 fully saturated rings. The van der Waals surface area contributed by atoms with Crippen molar-refractivity contribution in [2.24, 2.45) is 38.8 Å². The Kier molecular flexibility index (Phi) is 9.32. The third kappa shape index (κ3) is 7.31. The lowest BCUT2D eigenvalue weighted by atomic mass is 9.79. The molecule has 47 heavy (non-hydrogen) atoms. The third-order valence-electron chi connectivity index (χ3n) is 9.67. The van der Waals surface area contributed by atoms with Gasteiger partial charge in [-0.1, -0.05) is 0 Å². The van der Waals surface area contributed by atoms with Gasteiger partial charge in [-0.3, -0.25) is 9.59 Å². The number of ether oxygens (including phenoxy) is 1. The van der Waals surface area contributed by atoms with Crippen LogP contribution < -0.4 is 10.6 Å². The molecule has 6 rings (SSSR count). The Morgan fingerprint density at radius 1 is 1.15 bits per heavy atom. The molecule has 0 spiro atoms. The van der Waals surface area contributed by atoms with E-state index in [1.165, 1.54) is 5.01 Å². The van der Waals surface area contributed by atoms with Gasteiger partial charge < -0.3 is 15.4 Å². The summed E-state index contributed by atoms with van der Waals surface area (Å²) in [6.07, 6.45) is -3.48. The fourth-order valence-electron chi connectivity index (χ4n) is 7.08. The summed E-state index contributed by atoms with van der Waals surface area (Å²) in [7, 11) is 0. The highest BCUT2D eigenvalue weighted by Gasteiger charge is 2.47. The molecular formula is C29H35F7N8O3. The number of alkyl halides is 7. The maximum Gasteiger partial charge on any atom is 0.393 e. The quantitative estimate of drug-likeness (QED) is 0.400. The van der Waals surface area contributed by atoms with Crippen LogP contribution in [0.4, 0.5) is 30.7 Å². The molecule has 1 unspecified atom stereocenters. The lowest BCUT2D eigenvalue weighted by Gasteiger charge is -2.36. The molecule has 5 aliphatic rings. The summed E-state index contributed by atoms with van der Waals surface area (Å²) in [6.45, 7) is -2.66. The minimum atomic E-state index is -4.48.